The van der Waals surface area contributed by atoms with Crippen LogP contribution in [-0.4, -0.2) is 29.5 Å². The Morgan fingerprint density at radius 2 is 2.19 bits per heavy atom. The Bertz CT molecular complexity index is 460. The molecule has 1 aliphatic carbocycles. The van der Waals surface area contributed by atoms with Crippen molar-refractivity contribution in [3.05, 3.63) is 29.8 Å². The van der Waals surface area contributed by atoms with E-state index >= 15 is 0 Å². The Morgan fingerprint density at radius 1 is 1.31 bits per heavy atom. The summed E-state index contributed by atoms with van der Waals surface area (Å²) < 4.78 is 0. The van der Waals surface area contributed by atoms with Crippen molar-refractivity contribution in [3.8, 4) is 0 Å². The topological polar surface area (TPSA) is 54.0 Å². The summed E-state index contributed by atoms with van der Waals surface area (Å²) in [5, 5.41) is 8.25. The van der Waals surface area contributed by atoms with Gasteiger partial charge >= 0.3 is 0 Å². The van der Waals surface area contributed by atoms with E-state index in [0.717, 1.165) is 23.5 Å². The molecule has 2 N–H and O–H groups in total. The zero-order chi connectivity index (χ0) is 11.0. The van der Waals surface area contributed by atoms with Crippen LogP contribution in [0.15, 0.2) is 34.5 Å². The lowest BCUT2D eigenvalue weighted by molar-refractivity contribution is 0.470. The maximum absolute atomic E-state index is 5.77. The molecule has 0 spiro atoms. The molecule has 4 heteroatoms. The summed E-state index contributed by atoms with van der Waals surface area (Å²) in [6.07, 6.45) is 4.39. The van der Waals surface area contributed by atoms with E-state index in [2.05, 4.69) is 15.1 Å². The maximum atomic E-state index is 5.77. The van der Waals surface area contributed by atoms with Gasteiger partial charge < -0.3 is 10.6 Å². The molecular weight excluding hydrogens is 200 g/mol. The second-order valence-electron chi connectivity index (χ2n) is 4.31. The smallest absolute Gasteiger partial charge is 0.114 e. The van der Waals surface area contributed by atoms with Gasteiger partial charge in [0.1, 0.15) is 6.34 Å². The van der Waals surface area contributed by atoms with Crippen LogP contribution < -0.4 is 5.73 Å². The van der Waals surface area contributed by atoms with E-state index in [1.165, 1.54) is 12.8 Å². The molecule has 4 nitrogen and oxygen atoms in total. The first-order valence-corrected chi connectivity index (χ1v) is 5.54. The van der Waals surface area contributed by atoms with Crippen molar-refractivity contribution in [2.24, 2.45) is 10.2 Å². The Kier molecular flexibility index (Phi) is 2.13. The van der Waals surface area contributed by atoms with Gasteiger partial charge in [-0.15, -0.1) is 5.10 Å². The van der Waals surface area contributed by atoms with Gasteiger partial charge in [-0.05, 0) is 25.0 Å². The standard InChI is InChI=1S/C12H14N4/c13-10-3-1-2-9(6-10)12-7-16(8-14-15-12)11-4-5-11/h1-3,6,8,11H,4-5,7,13H2. The van der Waals surface area contributed by atoms with Crippen LogP contribution in [0, 0.1) is 0 Å². The molecule has 1 aromatic rings. The summed E-state index contributed by atoms with van der Waals surface area (Å²) in [5.74, 6) is 0. The summed E-state index contributed by atoms with van der Waals surface area (Å²) in [5.41, 5.74) is 8.61. The molecule has 1 fully saturated rings. The number of nitrogens with zero attached hydrogens (tertiary/aromatic N) is 3. The molecule has 0 atom stereocenters. The minimum atomic E-state index is 0.676. The van der Waals surface area contributed by atoms with Crippen LogP contribution in [0.2, 0.25) is 0 Å². The number of anilines is 1. The highest BCUT2D eigenvalue weighted by atomic mass is 15.3. The molecule has 0 bridgehead atoms. The van der Waals surface area contributed by atoms with Crippen LogP contribution in [0.1, 0.15) is 18.4 Å². The number of rotatable bonds is 2. The number of nitrogens with two attached hydrogens (primary N) is 1. The molecule has 0 radical (unpaired) electrons. The lowest BCUT2D eigenvalue weighted by Gasteiger charge is -2.22. The molecule has 0 aromatic heterocycles. The first kappa shape index (κ1) is 9.39. The second kappa shape index (κ2) is 3.63. The van der Waals surface area contributed by atoms with E-state index in [9.17, 15) is 0 Å². The van der Waals surface area contributed by atoms with Gasteiger partial charge in [0.2, 0.25) is 0 Å². The van der Waals surface area contributed by atoms with E-state index in [1.807, 2.05) is 30.6 Å². The number of benzene rings is 1. The second-order valence-corrected chi connectivity index (χ2v) is 4.31. The molecule has 1 aromatic carbocycles. The maximum Gasteiger partial charge on any atom is 0.114 e. The predicted octanol–water partition coefficient (Wildman–Crippen LogP) is 1.48. The fourth-order valence-electron chi connectivity index (χ4n) is 1.90. The van der Waals surface area contributed by atoms with Crippen molar-refractivity contribution < 1.29 is 0 Å². The summed E-state index contributed by atoms with van der Waals surface area (Å²) in [4.78, 5) is 2.26. The van der Waals surface area contributed by atoms with Gasteiger partial charge in [-0.1, -0.05) is 12.1 Å². The summed E-state index contributed by atoms with van der Waals surface area (Å²) in [6.45, 7) is 0.845. The van der Waals surface area contributed by atoms with Gasteiger partial charge in [0, 0.05) is 17.3 Å². The van der Waals surface area contributed by atoms with Crippen molar-refractivity contribution in [2.75, 3.05) is 12.3 Å². The first-order valence-electron chi connectivity index (χ1n) is 5.54. The predicted molar refractivity (Wildman–Crippen MR) is 65.6 cm³/mol. The van der Waals surface area contributed by atoms with Gasteiger partial charge in [-0.2, -0.15) is 5.10 Å². The van der Waals surface area contributed by atoms with Gasteiger partial charge in [0.25, 0.3) is 0 Å². The SMILES string of the molecule is Nc1cccc(C2=NN=CN(C3CC3)C2)c1. The van der Waals surface area contributed by atoms with Crippen LogP contribution in [0.5, 0.6) is 0 Å². The molecule has 3 rings (SSSR count). The molecule has 1 saturated carbocycles. The fraction of sp³-hybridized carbons (Fsp3) is 0.333. The number of hydrogen-bond acceptors (Lipinski definition) is 4. The zero-order valence-electron chi connectivity index (χ0n) is 9.00. The quantitative estimate of drug-likeness (QED) is 0.758. The Hall–Kier alpha value is -1.84. The number of hydrogen-bond donors (Lipinski definition) is 1. The van der Waals surface area contributed by atoms with E-state index in [4.69, 9.17) is 5.73 Å². The highest BCUT2D eigenvalue weighted by molar-refractivity contribution is 6.04. The summed E-state index contributed by atoms with van der Waals surface area (Å²) >= 11 is 0. The minimum Gasteiger partial charge on any atom is -0.399 e. The fourth-order valence-corrected chi connectivity index (χ4v) is 1.90. The largest absolute Gasteiger partial charge is 0.399 e. The van der Waals surface area contributed by atoms with Crippen LogP contribution in [0.3, 0.4) is 0 Å². The summed E-state index contributed by atoms with van der Waals surface area (Å²) in [7, 11) is 0. The van der Waals surface area contributed by atoms with E-state index in [1.54, 1.807) is 0 Å². The van der Waals surface area contributed by atoms with Gasteiger partial charge in [-0.3, -0.25) is 0 Å². The summed E-state index contributed by atoms with van der Waals surface area (Å²) in [6, 6.07) is 8.49. The van der Waals surface area contributed by atoms with E-state index < -0.39 is 0 Å². The van der Waals surface area contributed by atoms with Crippen molar-refractivity contribution in [2.45, 2.75) is 18.9 Å². The molecule has 82 valence electrons. The highest BCUT2D eigenvalue weighted by Gasteiger charge is 2.29. The van der Waals surface area contributed by atoms with E-state index in [-0.39, 0.29) is 0 Å². The van der Waals surface area contributed by atoms with Gasteiger partial charge in [0.15, 0.2) is 0 Å². The Labute approximate surface area is 94.5 Å². The zero-order valence-corrected chi connectivity index (χ0v) is 9.00. The van der Waals surface area contributed by atoms with Gasteiger partial charge in [0.05, 0.1) is 12.3 Å². The lowest BCUT2D eigenvalue weighted by atomic mass is 10.1. The highest BCUT2D eigenvalue weighted by Crippen LogP contribution is 2.26. The van der Waals surface area contributed by atoms with Crippen LogP contribution in [-0.2, 0) is 0 Å². The van der Waals surface area contributed by atoms with Crippen LogP contribution >= 0.6 is 0 Å². The molecule has 16 heavy (non-hydrogen) atoms. The third kappa shape index (κ3) is 1.78. The molecular formula is C12H14N4. The average Bonchev–Trinajstić information content (AvgIpc) is 3.13. The molecule has 0 unspecified atom stereocenters. The molecule has 1 heterocycles. The van der Waals surface area contributed by atoms with Crippen molar-refractivity contribution in [3.63, 3.8) is 0 Å². The lowest BCUT2D eigenvalue weighted by Crippen LogP contribution is -2.33. The third-order valence-corrected chi connectivity index (χ3v) is 2.95. The Balaban J connectivity index is 1.84. The number of nitrogen functional groups attached to an aromatic ring is 1. The van der Waals surface area contributed by atoms with Crippen LogP contribution in [0.25, 0.3) is 0 Å². The average molecular weight is 214 g/mol. The first-order chi connectivity index (χ1) is 7.83. The van der Waals surface area contributed by atoms with Crippen molar-refractivity contribution >= 4 is 17.7 Å². The Morgan fingerprint density at radius 3 is 2.94 bits per heavy atom. The van der Waals surface area contributed by atoms with Crippen molar-refractivity contribution in [1.29, 1.82) is 0 Å². The van der Waals surface area contributed by atoms with Gasteiger partial charge in [-0.25, -0.2) is 0 Å². The minimum absolute atomic E-state index is 0.676. The molecule has 1 aliphatic heterocycles. The normalized spacial score (nSPS) is 19.8. The molecule has 2 aliphatic rings. The van der Waals surface area contributed by atoms with Crippen LogP contribution in [0.4, 0.5) is 5.69 Å². The third-order valence-electron chi connectivity index (χ3n) is 2.95. The van der Waals surface area contributed by atoms with E-state index in [0.29, 0.717) is 6.04 Å². The molecule has 0 amide bonds. The molecule has 0 saturated heterocycles. The van der Waals surface area contributed by atoms with Crippen molar-refractivity contribution in [1.82, 2.24) is 4.90 Å². The monoisotopic (exact) mass is 214 g/mol.